The summed E-state index contributed by atoms with van der Waals surface area (Å²) in [5.74, 6) is -0.494. The van der Waals surface area contributed by atoms with E-state index in [1.807, 2.05) is 0 Å². The van der Waals surface area contributed by atoms with E-state index in [1.165, 1.54) is 13.0 Å². The van der Waals surface area contributed by atoms with Crippen LogP contribution in [-0.2, 0) is 4.79 Å². The molecule has 0 spiro atoms. The fourth-order valence-electron chi connectivity index (χ4n) is 0.936. The Morgan fingerprint density at radius 3 is 2.75 bits per heavy atom. The molecular formula is C11H10Cl2O3. The molecular weight excluding hydrogens is 251 g/mol. The molecule has 1 rings (SSSR count). The lowest BCUT2D eigenvalue weighted by Crippen LogP contribution is -2.00. The second kappa shape index (κ2) is 5.77. The highest BCUT2D eigenvalue weighted by atomic mass is 35.5. The van der Waals surface area contributed by atoms with Crippen molar-refractivity contribution in [2.75, 3.05) is 6.61 Å². The van der Waals surface area contributed by atoms with Crippen molar-refractivity contribution in [1.29, 1.82) is 0 Å². The number of carboxylic acids is 1. The van der Waals surface area contributed by atoms with Crippen LogP contribution in [0.5, 0.6) is 5.75 Å². The van der Waals surface area contributed by atoms with Crippen molar-refractivity contribution < 1.29 is 14.6 Å². The van der Waals surface area contributed by atoms with Gasteiger partial charge in [-0.25, -0.2) is 4.79 Å². The summed E-state index contributed by atoms with van der Waals surface area (Å²) in [5.41, 5.74) is 0.227. The first kappa shape index (κ1) is 12.9. The van der Waals surface area contributed by atoms with Gasteiger partial charge in [0.2, 0.25) is 0 Å². The van der Waals surface area contributed by atoms with E-state index in [0.717, 1.165) is 0 Å². The average Bonchev–Trinajstić information content (AvgIpc) is 2.20. The Kier molecular flexibility index (Phi) is 4.65. The number of carboxylic acid groups (broad SMARTS) is 1. The summed E-state index contributed by atoms with van der Waals surface area (Å²) >= 11 is 11.6. The maximum absolute atomic E-state index is 10.5. The SMILES string of the molecule is CC(=CCOc1ccc(Cl)cc1Cl)C(=O)O. The molecule has 1 aromatic carbocycles. The predicted octanol–water partition coefficient (Wildman–Crippen LogP) is 3.40. The third-order valence-electron chi connectivity index (χ3n) is 1.86. The van der Waals surface area contributed by atoms with Gasteiger partial charge in [0.1, 0.15) is 12.4 Å². The van der Waals surface area contributed by atoms with Crippen molar-refractivity contribution >= 4 is 29.2 Å². The molecule has 5 heteroatoms. The van der Waals surface area contributed by atoms with Crippen LogP contribution in [0.15, 0.2) is 29.8 Å². The van der Waals surface area contributed by atoms with E-state index in [2.05, 4.69) is 0 Å². The minimum absolute atomic E-state index is 0.152. The number of benzene rings is 1. The number of rotatable bonds is 4. The highest BCUT2D eigenvalue weighted by Gasteiger charge is 2.02. The lowest BCUT2D eigenvalue weighted by molar-refractivity contribution is -0.132. The monoisotopic (exact) mass is 260 g/mol. The molecule has 0 atom stereocenters. The highest BCUT2D eigenvalue weighted by Crippen LogP contribution is 2.27. The summed E-state index contributed by atoms with van der Waals surface area (Å²) in [6.45, 7) is 1.65. The van der Waals surface area contributed by atoms with Gasteiger partial charge in [-0.15, -0.1) is 0 Å². The van der Waals surface area contributed by atoms with Crippen LogP contribution in [0.2, 0.25) is 10.0 Å². The fourth-order valence-corrected chi connectivity index (χ4v) is 1.40. The first-order valence-corrected chi connectivity index (χ1v) is 5.24. The van der Waals surface area contributed by atoms with E-state index in [9.17, 15) is 4.79 Å². The molecule has 0 aliphatic rings. The first-order chi connectivity index (χ1) is 7.50. The van der Waals surface area contributed by atoms with Crippen molar-refractivity contribution in [2.24, 2.45) is 0 Å². The van der Waals surface area contributed by atoms with Crippen LogP contribution in [0.25, 0.3) is 0 Å². The number of hydrogen-bond acceptors (Lipinski definition) is 2. The molecule has 1 aromatic rings. The lowest BCUT2D eigenvalue weighted by atomic mass is 10.3. The van der Waals surface area contributed by atoms with Gasteiger partial charge in [0.25, 0.3) is 0 Å². The number of hydrogen-bond donors (Lipinski definition) is 1. The maximum Gasteiger partial charge on any atom is 0.331 e. The number of halogens is 2. The molecule has 0 unspecified atom stereocenters. The Hall–Kier alpha value is -1.19. The summed E-state index contributed by atoms with van der Waals surface area (Å²) in [6, 6.07) is 4.84. The minimum Gasteiger partial charge on any atom is -0.488 e. The molecule has 0 saturated heterocycles. The van der Waals surface area contributed by atoms with E-state index in [0.29, 0.717) is 15.8 Å². The fraction of sp³-hybridized carbons (Fsp3) is 0.182. The van der Waals surface area contributed by atoms with Gasteiger partial charge in [-0.05, 0) is 31.2 Å². The number of carbonyl (C=O) groups is 1. The molecule has 86 valence electrons. The van der Waals surface area contributed by atoms with Gasteiger partial charge in [-0.2, -0.15) is 0 Å². The smallest absolute Gasteiger partial charge is 0.331 e. The third kappa shape index (κ3) is 3.76. The summed E-state index contributed by atoms with van der Waals surface area (Å²) in [6.07, 6.45) is 1.47. The molecule has 0 radical (unpaired) electrons. The van der Waals surface area contributed by atoms with Crippen molar-refractivity contribution in [1.82, 2.24) is 0 Å². The maximum atomic E-state index is 10.5. The molecule has 16 heavy (non-hydrogen) atoms. The van der Waals surface area contributed by atoms with Crippen molar-refractivity contribution in [3.8, 4) is 5.75 Å². The van der Waals surface area contributed by atoms with Gasteiger partial charge in [0, 0.05) is 10.6 Å². The zero-order valence-corrected chi connectivity index (χ0v) is 10.0. The molecule has 0 aliphatic heterocycles. The van der Waals surface area contributed by atoms with E-state index in [1.54, 1.807) is 18.2 Å². The molecule has 0 amide bonds. The highest BCUT2D eigenvalue weighted by molar-refractivity contribution is 6.35. The van der Waals surface area contributed by atoms with Crippen LogP contribution in [0.1, 0.15) is 6.92 Å². The topological polar surface area (TPSA) is 46.5 Å². The summed E-state index contributed by atoms with van der Waals surface area (Å²) in [4.78, 5) is 10.5. The van der Waals surface area contributed by atoms with E-state index < -0.39 is 5.97 Å². The minimum atomic E-state index is -0.967. The second-order valence-electron chi connectivity index (χ2n) is 3.08. The van der Waals surface area contributed by atoms with Crippen LogP contribution in [0.3, 0.4) is 0 Å². The third-order valence-corrected chi connectivity index (χ3v) is 2.39. The largest absolute Gasteiger partial charge is 0.488 e. The Labute approximate surface area is 103 Å². The summed E-state index contributed by atoms with van der Waals surface area (Å²) < 4.78 is 5.28. The van der Waals surface area contributed by atoms with Gasteiger partial charge in [-0.1, -0.05) is 23.2 Å². The van der Waals surface area contributed by atoms with Gasteiger partial charge in [0.15, 0.2) is 0 Å². The van der Waals surface area contributed by atoms with Crippen LogP contribution < -0.4 is 4.74 Å². The lowest BCUT2D eigenvalue weighted by Gasteiger charge is -2.05. The Balaban J connectivity index is 2.62. The van der Waals surface area contributed by atoms with E-state index >= 15 is 0 Å². The standard InChI is InChI=1S/C11H10Cl2O3/c1-7(11(14)15)4-5-16-10-3-2-8(12)6-9(10)13/h2-4,6H,5H2,1H3,(H,14,15). The van der Waals surface area contributed by atoms with Crippen LogP contribution in [0.4, 0.5) is 0 Å². The van der Waals surface area contributed by atoms with Crippen LogP contribution in [0, 0.1) is 0 Å². The van der Waals surface area contributed by atoms with Gasteiger partial charge < -0.3 is 9.84 Å². The average molecular weight is 261 g/mol. The van der Waals surface area contributed by atoms with E-state index in [-0.39, 0.29) is 12.2 Å². The van der Waals surface area contributed by atoms with Crippen molar-refractivity contribution in [3.63, 3.8) is 0 Å². The molecule has 0 fully saturated rings. The second-order valence-corrected chi connectivity index (χ2v) is 3.92. The zero-order chi connectivity index (χ0) is 12.1. The van der Waals surface area contributed by atoms with Crippen molar-refractivity contribution in [2.45, 2.75) is 6.92 Å². The van der Waals surface area contributed by atoms with Crippen LogP contribution >= 0.6 is 23.2 Å². The predicted molar refractivity (Wildman–Crippen MR) is 63.3 cm³/mol. The molecule has 0 aliphatic carbocycles. The Morgan fingerprint density at radius 2 is 2.19 bits per heavy atom. The van der Waals surface area contributed by atoms with Gasteiger partial charge in [-0.3, -0.25) is 0 Å². The molecule has 3 nitrogen and oxygen atoms in total. The van der Waals surface area contributed by atoms with Crippen molar-refractivity contribution in [3.05, 3.63) is 39.9 Å². The van der Waals surface area contributed by atoms with Crippen LogP contribution in [-0.4, -0.2) is 17.7 Å². The first-order valence-electron chi connectivity index (χ1n) is 4.48. The number of ether oxygens (including phenoxy) is 1. The summed E-state index contributed by atoms with van der Waals surface area (Å²) in [5, 5.41) is 9.52. The Bertz CT molecular complexity index is 427. The molecule has 0 heterocycles. The molecule has 1 N–H and O–H groups in total. The van der Waals surface area contributed by atoms with Gasteiger partial charge in [0.05, 0.1) is 5.02 Å². The quantitative estimate of drug-likeness (QED) is 0.845. The molecule has 0 bridgehead atoms. The Morgan fingerprint density at radius 1 is 1.50 bits per heavy atom. The molecule has 0 aromatic heterocycles. The molecule has 0 saturated carbocycles. The summed E-state index contributed by atoms with van der Waals surface area (Å²) in [7, 11) is 0. The normalized spacial score (nSPS) is 11.3. The number of aliphatic carboxylic acids is 1. The van der Waals surface area contributed by atoms with E-state index in [4.69, 9.17) is 33.0 Å². The van der Waals surface area contributed by atoms with Gasteiger partial charge >= 0.3 is 5.97 Å². The zero-order valence-electron chi connectivity index (χ0n) is 8.54.